The van der Waals surface area contributed by atoms with Gasteiger partial charge in [0.2, 0.25) is 0 Å². The molecule has 2 rings (SSSR count). The molecule has 1 aromatic carbocycles. The first-order chi connectivity index (χ1) is 9.19. The first-order valence-corrected chi connectivity index (χ1v) is 6.60. The van der Waals surface area contributed by atoms with Crippen LogP contribution in [0.2, 0.25) is 5.02 Å². The summed E-state index contributed by atoms with van der Waals surface area (Å²) in [5, 5.41) is 0.610. The molecule has 0 amide bonds. The van der Waals surface area contributed by atoms with Crippen molar-refractivity contribution in [3.05, 3.63) is 58.4 Å². The van der Waals surface area contributed by atoms with E-state index in [1.807, 2.05) is 43.3 Å². The molecule has 0 saturated heterocycles. The molecule has 0 aliphatic rings. The molecule has 0 bridgehead atoms. The Morgan fingerprint density at radius 2 is 2.11 bits per heavy atom. The predicted molar refractivity (Wildman–Crippen MR) is 77.5 cm³/mol. The second-order valence-electron chi connectivity index (χ2n) is 4.36. The molecule has 3 nitrogen and oxygen atoms in total. The van der Waals surface area contributed by atoms with E-state index < -0.39 is 0 Å². The number of hydrogen-bond acceptors (Lipinski definition) is 3. The van der Waals surface area contributed by atoms with E-state index in [9.17, 15) is 0 Å². The van der Waals surface area contributed by atoms with Crippen LogP contribution in [-0.4, -0.2) is 11.5 Å². The molecule has 100 valence electrons. The second kappa shape index (κ2) is 6.55. The van der Waals surface area contributed by atoms with Crippen molar-refractivity contribution in [3.63, 3.8) is 0 Å². The minimum absolute atomic E-state index is 0.414. The Kier molecular flexibility index (Phi) is 4.77. The molecule has 0 spiro atoms. The number of nitrogens with zero attached hydrogens (tertiary/aromatic N) is 1. The predicted octanol–water partition coefficient (Wildman–Crippen LogP) is 3.12. The molecule has 0 radical (unpaired) electrons. The van der Waals surface area contributed by atoms with Crippen LogP contribution >= 0.6 is 11.6 Å². The first-order valence-electron chi connectivity index (χ1n) is 6.23. The summed E-state index contributed by atoms with van der Waals surface area (Å²) in [5.74, 6) is 0.672. The highest BCUT2D eigenvalue weighted by atomic mass is 35.5. The maximum atomic E-state index is 6.18. The molecule has 19 heavy (non-hydrogen) atoms. The van der Waals surface area contributed by atoms with Crippen molar-refractivity contribution < 1.29 is 4.74 Å². The van der Waals surface area contributed by atoms with Gasteiger partial charge in [-0.15, -0.1) is 0 Å². The van der Waals surface area contributed by atoms with Crippen LogP contribution in [0, 0.1) is 6.92 Å². The molecule has 0 saturated carbocycles. The van der Waals surface area contributed by atoms with Gasteiger partial charge in [0, 0.05) is 5.69 Å². The zero-order valence-corrected chi connectivity index (χ0v) is 11.7. The van der Waals surface area contributed by atoms with E-state index in [0.717, 1.165) is 23.4 Å². The number of benzene rings is 1. The van der Waals surface area contributed by atoms with Gasteiger partial charge in [0.15, 0.2) is 0 Å². The van der Waals surface area contributed by atoms with Gasteiger partial charge in [0.05, 0.1) is 10.7 Å². The van der Waals surface area contributed by atoms with Gasteiger partial charge in [-0.05, 0) is 49.7 Å². The van der Waals surface area contributed by atoms with Crippen molar-refractivity contribution in [1.82, 2.24) is 4.98 Å². The monoisotopic (exact) mass is 276 g/mol. The smallest absolute Gasteiger partial charge is 0.138 e. The van der Waals surface area contributed by atoms with Gasteiger partial charge in [-0.1, -0.05) is 23.7 Å². The molecular formula is C15H17ClN2O. The van der Waals surface area contributed by atoms with Crippen LogP contribution in [0.25, 0.3) is 0 Å². The summed E-state index contributed by atoms with van der Waals surface area (Å²) in [6, 6.07) is 11.6. The summed E-state index contributed by atoms with van der Waals surface area (Å²) in [4.78, 5) is 4.38. The average molecular weight is 277 g/mol. The van der Waals surface area contributed by atoms with E-state index in [0.29, 0.717) is 23.9 Å². The fourth-order valence-corrected chi connectivity index (χ4v) is 2.07. The second-order valence-corrected chi connectivity index (χ2v) is 4.77. The molecule has 4 heteroatoms. The Bertz CT molecular complexity index is 558. The Hall–Kier alpha value is -1.58. The van der Waals surface area contributed by atoms with Gasteiger partial charge in [-0.25, -0.2) is 0 Å². The quantitative estimate of drug-likeness (QED) is 0.913. The normalized spacial score (nSPS) is 10.5. The Balaban J connectivity index is 2.03. The van der Waals surface area contributed by atoms with Crippen molar-refractivity contribution >= 4 is 11.6 Å². The maximum Gasteiger partial charge on any atom is 0.138 e. The number of nitrogens with two attached hydrogens (primary N) is 1. The van der Waals surface area contributed by atoms with E-state index in [4.69, 9.17) is 22.1 Å². The number of pyridine rings is 1. The van der Waals surface area contributed by atoms with E-state index in [1.165, 1.54) is 0 Å². The highest BCUT2D eigenvalue weighted by Gasteiger charge is 2.04. The van der Waals surface area contributed by atoms with Crippen molar-refractivity contribution in [2.75, 3.05) is 6.54 Å². The number of aromatic nitrogens is 1. The Labute approximate surface area is 118 Å². The molecule has 0 aliphatic carbocycles. The Morgan fingerprint density at radius 3 is 2.79 bits per heavy atom. The highest BCUT2D eigenvalue weighted by Crippen LogP contribution is 2.26. The number of hydrogen-bond donors (Lipinski definition) is 1. The first kappa shape index (κ1) is 13.8. The van der Waals surface area contributed by atoms with Gasteiger partial charge in [-0.3, -0.25) is 4.98 Å². The zero-order valence-electron chi connectivity index (χ0n) is 10.9. The lowest BCUT2D eigenvalue weighted by Crippen LogP contribution is -2.03. The fraction of sp³-hybridized carbons (Fsp3) is 0.267. The summed E-state index contributed by atoms with van der Waals surface area (Å²) in [6.07, 6.45) is 0.819. The van der Waals surface area contributed by atoms with E-state index in [2.05, 4.69) is 4.98 Å². The lowest BCUT2D eigenvalue weighted by atomic mass is 10.1. The molecule has 0 atom stereocenters. The van der Waals surface area contributed by atoms with E-state index in [1.54, 1.807) is 0 Å². The third-order valence-corrected chi connectivity index (χ3v) is 3.05. The number of rotatable bonds is 5. The summed E-state index contributed by atoms with van der Waals surface area (Å²) < 4.78 is 5.69. The SMILES string of the molecule is Cc1cccc(COc2ccc(CCN)cc2Cl)n1. The largest absolute Gasteiger partial charge is 0.486 e. The maximum absolute atomic E-state index is 6.18. The van der Waals surface area contributed by atoms with Crippen molar-refractivity contribution in [1.29, 1.82) is 0 Å². The zero-order chi connectivity index (χ0) is 13.7. The average Bonchev–Trinajstić information content (AvgIpc) is 2.38. The van der Waals surface area contributed by atoms with Crippen molar-refractivity contribution in [3.8, 4) is 5.75 Å². The molecule has 2 aromatic rings. The van der Waals surface area contributed by atoms with Crippen LogP contribution < -0.4 is 10.5 Å². The topological polar surface area (TPSA) is 48.1 Å². The molecular weight excluding hydrogens is 260 g/mol. The minimum atomic E-state index is 0.414. The van der Waals surface area contributed by atoms with Crippen LogP contribution in [0.3, 0.4) is 0 Å². The van der Waals surface area contributed by atoms with Gasteiger partial charge >= 0.3 is 0 Å². The lowest BCUT2D eigenvalue weighted by molar-refractivity contribution is 0.301. The van der Waals surface area contributed by atoms with Crippen LogP contribution in [0.1, 0.15) is 17.0 Å². The molecule has 2 N–H and O–H groups in total. The minimum Gasteiger partial charge on any atom is -0.486 e. The summed E-state index contributed by atoms with van der Waals surface area (Å²) in [6.45, 7) is 2.99. The van der Waals surface area contributed by atoms with Crippen LogP contribution in [0.4, 0.5) is 0 Å². The third kappa shape index (κ3) is 3.94. The Morgan fingerprint density at radius 1 is 1.26 bits per heavy atom. The number of ether oxygens (including phenoxy) is 1. The lowest BCUT2D eigenvalue weighted by Gasteiger charge is -2.09. The van der Waals surface area contributed by atoms with Crippen LogP contribution in [-0.2, 0) is 13.0 Å². The van der Waals surface area contributed by atoms with Crippen LogP contribution in [0.15, 0.2) is 36.4 Å². The summed E-state index contributed by atoms with van der Waals surface area (Å²) >= 11 is 6.18. The van der Waals surface area contributed by atoms with Gasteiger partial charge < -0.3 is 10.5 Å². The van der Waals surface area contributed by atoms with Crippen LogP contribution in [0.5, 0.6) is 5.75 Å². The molecule has 0 fully saturated rings. The third-order valence-electron chi connectivity index (χ3n) is 2.75. The molecule has 0 unspecified atom stereocenters. The molecule has 0 aliphatic heterocycles. The van der Waals surface area contributed by atoms with Gasteiger partial charge in [0.25, 0.3) is 0 Å². The highest BCUT2D eigenvalue weighted by molar-refractivity contribution is 6.32. The van der Waals surface area contributed by atoms with Gasteiger partial charge in [-0.2, -0.15) is 0 Å². The summed E-state index contributed by atoms with van der Waals surface area (Å²) in [7, 11) is 0. The fourth-order valence-electron chi connectivity index (χ4n) is 1.82. The van der Waals surface area contributed by atoms with E-state index >= 15 is 0 Å². The van der Waals surface area contributed by atoms with Crippen molar-refractivity contribution in [2.45, 2.75) is 20.0 Å². The standard InChI is InChI=1S/C15H17ClN2O/c1-11-3-2-4-13(18-11)10-19-15-6-5-12(7-8-17)9-14(15)16/h2-6,9H,7-8,10,17H2,1H3. The number of halogens is 1. The van der Waals surface area contributed by atoms with Gasteiger partial charge in [0.1, 0.15) is 12.4 Å². The molecule has 1 aromatic heterocycles. The molecule has 1 heterocycles. The summed E-state index contributed by atoms with van der Waals surface area (Å²) in [5.41, 5.74) is 8.50. The number of aryl methyl sites for hydroxylation is 1. The van der Waals surface area contributed by atoms with Crippen molar-refractivity contribution in [2.24, 2.45) is 5.73 Å². The van der Waals surface area contributed by atoms with E-state index in [-0.39, 0.29) is 0 Å².